The molecule has 8 heteroatoms. The van der Waals surface area contributed by atoms with E-state index in [1.807, 2.05) is 97.1 Å². The highest BCUT2D eigenvalue weighted by molar-refractivity contribution is 6.25. The maximum Gasteiger partial charge on any atom is 0.337 e. The van der Waals surface area contributed by atoms with Crippen molar-refractivity contribution in [3.63, 3.8) is 0 Å². The predicted molar refractivity (Wildman–Crippen MR) is 141 cm³/mol. The molecule has 6 rings (SSSR count). The van der Waals surface area contributed by atoms with E-state index in [9.17, 15) is 4.79 Å². The zero-order valence-electron chi connectivity index (χ0n) is 20.0. The normalized spacial score (nSPS) is 12.7. The summed E-state index contributed by atoms with van der Waals surface area (Å²) in [5.74, 6) is 0.108. The molecule has 5 aromatic rings. The number of carbonyl (C=O) groups is 1. The summed E-state index contributed by atoms with van der Waals surface area (Å²) in [6.07, 6.45) is 0. The van der Waals surface area contributed by atoms with E-state index in [0.717, 1.165) is 39.2 Å². The fraction of sp³-hybridized carbons (Fsp3) is 0.0690. The van der Waals surface area contributed by atoms with Gasteiger partial charge >= 0.3 is 5.97 Å². The lowest BCUT2D eigenvalue weighted by Crippen LogP contribution is -2.19. The van der Waals surface area contributed by atoms with Crippen LogP contribution in [-0.2, 0) is 11.3 Å². The summed E-state index contributed by atoms with van der Waals surface area (Å²) in [5.41, 5.74) is 6.94. The minimum Gasteiger partial charge on any atom is -0.465 e. The number of nitrogens with zero attached hydrogens (tertiary/aromatic N) is 6. The Morgan fingerprint density at radius 2 is 1.51 bits per heavy atom. The molecule has 0 saturated carbocycles. The number of carbonyl (C=O) groups excluding carboxylic acids is 1. The number of aromatic nitrogens is 4. The lowest BCUT2D eigenvalue weighted by molar-refractivity contribution is 0.0601. The molecular formula is C29H22N6O2. The summed E-state index contributed by atoms with van der Waals surface area (Å²) in [4.78, 5) is 12.2. The van der Waals surface area contributed by atoms with Crippen LogP contribution in [0.15, 0.2) is 108 Å². The first kappa shape index (κ1) is 22.4. The van der Waals surface area contributed by atoms with Gasteiger partial charge in [-0.2, -0.15) is 10.1 Å². The Labute approximate surface area is 213 Å². The molecule has 1 heterocycles. The van der Waals surface area contributed by atoms with E-state index in [1.54, 1.807) is 15.8 Å². The maximum absolute atomic E-state index is 12.2. The maximum atomic E-state index is 12.2. The van der Waals surface area contributed by atoms with Gasteiger partial charge in [0.05, 0.1) is 30.6 Å². The van der Waals surface area contributed by atoms with Crippen molar-refractivity contribution >= 4 is 23.3 Å². The van der Waals surface area contributed by atoms with Gasteiger partial charge in [0.25, 0.3) is 5.95 Å². The Morgan fingerprint density at radius 3 is 2.27 bits per heavy atom. The molecule has 0 atom stereocenters. The summed E-state index contributed by atoms with van der Waals surface area (Å²) in [7, 11) is 1.38. The summed E-state index contributed by atoms with van der Waals surface area (Å²) in [6, 6.07) is 33.4. The van der Waals surface area contributed by atoms with Gasteiger partial charge in [0.2, 0.25) is 0 Å². The molecule has 180 valence electrons. The van der Waals surface area contributed by atoms with Gasteiger partial charge < -0.3 is 4.74 Å². The molecular weight excluding hydrogens is 464 g/mol. The van der Waals surface area contributed by atoms with Gasteiger partial charge in [0, 0.05) is 11.1 Å². The van der Waals surface area contributed by atoms with E-state index >= 15 is 0 Å². The molecule has 8 nitrogen and oxygen atoms in total. The molecule has 4 aromatic carbocycles. The molecule has 0 amide bonds. The Kier molecular flexibility index (Phi) is 5.74. The molecule has 1 aliphatic rings. The molecule has 0 bridgehead atoms. The highest BCUT2D eigenvalue weighted by atomic mass is 16.5. The van der Waals surface area contributed by atoms with Crippen molar-refractivity contribution in [3.8, 4) is 11.1 Å². The van der Waals surface area contributed by atoms with Gasteiger partial charge in [-0.1, -0.05) is 84.0 Å². The summed E-state index contributed by atoms with van der Waals surface area (Å²) >= 11 is 0. The molecule has 0 radical (unpaired) electrons. The first-order valence-corrected chi connectivity index (χ1v) is 11.8. The molecule has 0 fully saturated rings. The highest BCUT2D eigenvalue weighted by Crippen LogP contribution is 2.38. The lowest BCUT2D eigenvalue weighted by atomic mass is 10.0. The van der Waals surface area contributed by atoms with Crippen molar-refractivity contribution in [2.24, 2.45) is 5.10 Å². The standard InChI is InChI=1S/C29H22N6O2/c1-37-28(36)21-16-17-25-26(18-21)23-14-8-9-15-24(23)27(25)31-35(22-12-6-3-7-13-22)29-30-32-33-34(29)19-20-10-4-2-5-11-20/h2-18H,19H2,1H3/b31-27-. The van der Waals surface area contributed by atoms with Crippen LogP contribution in [0.25, 0.3) is 11.1 Å². The zero-order chi connectivity index (χ0) is 25.2. The molecule has 0 spiro atoms. The number of fused-ring (bicyclic) bond motifs is 3. The third kappa shape index (κ3) is 4.14. The number of anilines is 2. The number of hydrogen-bond acceptors (Lipinski definition) is 7. The average molecular weight is 487 g/mol. The Morgan fingerprint density at radius 1 is 0.838 bits per heavy atom. The molecule has 0 N–H and O–H groups in total. The van der Waals surface area contributed by atoms with Crippen molar-refractivity contribution in [3.05, 3.63) is 125 Å². The van der Waals surface area contributed by atoms with Gasteiger partial charge in [-0.25, -0.2) is 9.48 Å². The monoisotopic (exact) mass is 486 g/mol. The third-order valence-electron chi connectivity index (χ3n) is 6.25. The van der Waals surface area contributed by atoms with Crippen LogP contribution >= 0.6 is 0 Å². The van der Waals surface area contributed by atoms with E-state index in [2.05, 4.69) is 15.5 Å². The molecule has 0 unspecified atom stereocenters. The Balaban J connectivity index is 1.51. The second-order valence-corrected chi connectivity index (χ2v) is 8.52. The van der Waals surface area contributed by atoms with Gasteiger partial charge in [-0.3, -0.25) is 0 Å². The number of hydrogen-bond donors (Lipinski definition) is 0. The van der Waals surface area contributed by atoms with E-state index in [4.69, 9.17) is 9.84 Å². The molecule has 1 aromatic heterocycles. The topological polar surface area (TPSA) is 85.5 Å². The van der Waals surface area contributed by atoms with Crippen LogP contribution < -0.4 is 5.01 Å². The van der Waals surface area contributed by atoms with Crippen LogP contribution in [0.3, 0.4) is 0 Å². The molecule has 0 saturated heterocycles. The third-order valence-corrected chi connectivity index (χ3v) is 6.25. The fourth-order valence-corrected chi connectivity index (χ4v) is 4.49. The SMILES string of the molecule is COC(=O)c1ccc2c(c1)-c1ccccc1/C2=N/N(c1ccccc1)c1nnnn1Cc1ccccc1. The van der Waals surface area contributed by atoms with Crippen LogP contribution in [0.1, 0.15) is 27.0 Å². The van der Waals surface area contributed by atoms with Gasteiger partial charge in [0.1, 0.15) is 0 Å². The van der Waals surface area contributed by atoms with Crippen LogP contribution in [-0.4, -0.2) is 39.0 Å². The number of tetrazole rings is 1. The number of ether oxygens (including phenoxy) is 1. The first-order chi connectivity index (χ1) is 18.2. The van der Waals surface area contributed by atoms with Crippen LogP contribution in [0.4, 0.5) is 11.6 Å². The smallest absolute Gasteiger partial charge is 0.337 e. The molecule has 0 aliphatic heterocycles. The summed E-state index contributed by atoms with van der Waals surface area (Å²) < 4.78 is 6.67. The highest BCUT2D eigenvalue weighted by Gasteiger charge is 2.28. The van der Waals surface area contributed by atoms with Crippen LogP contribution in [0, 0.1) is 0 Å². The average Bonchev–Trinajstić information content (AvgIpc) is 3.54. The second kappa shape index (κ2) is 9.50. The predicted octanol–water partition coefficient (Wildman–Crippen LogP) is 5.08. The van der Waals surface area contributed by atoms with Crippen molar-refractivity contribution in [2.45, 2.75) is 6.54 Å². The fourth-order valence-electron chi connectivity index (χ4n) is 4.49. The first-order valence-electron chi connectivity index (χ1n) is 11.8. The van der Waals surface area contributed by atoms with E-state index < -0.39 is 0 Å². The number of hydrazone groups is 1. The summed E-state index contributed by atoms with van der Waals surface area (Å²) in [6.45, 7) is 0.493. The van der Waals surface area contributed by atoms with E-state index in [0.29, 0.717) is 18.1 Å². The minimum atomic E-state index is -0.378. The number of para-hydroxylation sites is 1. The Hall–Kier alpha value is -5.11. The number of esters is 1. The van der Waals surface area contributed by atoms with E-state index in [-0.39, 0.29) is 5.97 Å². The molecule has 37 heavy (non-hydrogen) atoms. The van der Waals surface area contributed by atoms with Crippen LogP contribution in [0.2, 0.25) is 0 Å². The van der Waals surface area contributed by atoms with Gasteiger partial charge in [0.15, 0.2) is 0 Å². The number of methoxy groups -OCH3 is 1. The van der Waals surface area contributed by atoms with Crippen molar-refractivity contribution in [1.82, 2.24) is 20.2 Å². The van der Waals surface area contributed by atoms with Gasteiger partial charge in [-0.05, 0) is 51.4 Å². The largest absolute Gasteiger partial charge is 0.465 e. The van der Waals surface area contributed by atoms with Gasteiger partial charge in [-0.15, -0.1) is 0 Å². The van der Waals surface area contributed by atoms with Crippen LogP contribution in [0.5, 0.6) is 0 Å². The van der Waals surface area contributed by atoms with E-state index in [1.165, 1.54) is 7.11 Å². The quantitative estimate of drug-likeness (QED) is 0.241. The number of rotatable bonds is 6. The molecule has 1 aliphatic carbocycles. The van der Waals surface area contributed by atoms with Crippen molar-refractivity contribution < 1.29 is 9.53 Å². The summed E-state index contributed by atoms with van der Waals surface area (Å²) in [5, 5.41) is 19.5. The van der Waals surface area contributed by atoms with Crippen molar-refractivity contribution in [1.29, 1.82) is 0 Å². The lowest BCUT2D eigenvalue weighted by Gasteiger charge is -2.19. The minimum absolute atomic E-state index is 0.378. The zero-order valence-corrected chi connectivity index (χ0v) is 20.0. The number of benzene rings is 4. The Bertz CT molecular complexity index is 1610. The van der Waals surface area contributed by atoms with Crippen molar-refractivity contribution in [2.75, 3.05) is 12.1 Å². The second-order valence-electron chi connectivity index (χ2n) is 8.52.